The fourth-order valence-corrected chi connectivity index (χ4v) is 6.08. The highest BCUT2D eigenvalue weighted by atomic mass is 19.1. The number of halogens is 1. The third kappa shape index (κ3) is 6.69. The summed E-state index contributed by atoms with van der Waals surface area (Å²) >= 11 is 0. The van der Waals surface area contributed by atoms with Crippen LogP contribution in [0.5, 0.6) is 11.5 Å². The number of nitrogens with one attached hydrogen (secondary N) is 1. The maximum atomic E-state index is 15.2. The molecular weight excluding hydrogens is 523 g/mol. The average Bonchev–Trinajstić information content (AvgIpc) is 3.81. The molecule has 1 amide bonds. The van der Waals surface area contributed by atoms with Crippen molar-refractivity contribution in [1.82, 2.24) is 4.98 Å². The summed E-state index contributed by atoms with van der Waals surface area (Å²) in [5, 5.41) is 12.4. The van der Waals surface area contributed by atoms with Crippen LogP contribution in [0.4, 0.5) is 10.2 Å². The van der Waals surface area contributed by atoms with Gasteiger partial charge in [0.1, 0.15) is 17.3 Å². The Morgan fingerprint density at radius 1 is 1.02 bits per heavy atom. The number of hydrogen-bond acceptors (Lipinski definition) is 5. The van der Waals surface area contributed by atoms with E-state index in [0.717, 1.165) is 49.8 Å². The first-order chi connectivity index (χ1) is 19.8. The average molecular weight is 561 g/mol. The Balaban J connectivity index is 1.22. The van der Waals surface area contributed by atoms with E-state index in [1.807, 2.05) is 30.3 Å². The molecule has 216 valence electrons. The van der Waals surface area contributed by atoms with Gasteiger partial charge in [0.15, 0.2) is 0 Å². The Labute approximate surface area is 240 Å². The molecule has 3 aromatic rings. The summed E-state index contributed by atoms with van der Waals surface area (Å²) < 4.78 is 26.8. The van der Waals surface area contributed by atoms with Gasteiger partial charge in [-0.1, -0.05) is 18.2 Å². The Kier molecular flexibility index (Phi) is 8.57. The van der Waals surface area contributed by atoms with Gasteiger partial charge in [0.2, 0.25) is 5.67 Å². The second-order valence-corrected chi connectivity index (χ2v) is 11.4. The lowest BCUT2D eigenvalue weighted by Gasteiger charge is -2.30. The molecule has 2 saturated carbocycles. The summed E-state index contributed by atoms with van der Waals surface area (Å²) in [5.74, 6) is 0.156. The molecule has 1 aromatic heterocycles. The summed E-state index contributed by atoms with van der Waals surface area (Å²) in [6.07, 6.45) is 7.02. The summed E-state index contributed by atoms with van der Waals surface area (Å²) in [6.45, 7) is 1.70. The Morgan fingerprint density at radius 3 is 2.46 bits per heavy atom. The van der Waals surface area contributed by atoms with Crippen LogP contribution in [0.2, 0.25) is 0 Å². The van der Waals surface area contributed by atoms with E-state index < -0.39 is 17.6 Å². The minimum absolute atomic E-state index is 0.0409. The molecule has 7 nitrogen and oxygen atoms in total. The first-order valence-electron chi connectivity index (χ1n) is 14.3. The van der Waals surface area contributed by atoms with Crippen molar-refractivity contribution >= 4 is 17.7 Å². The number of carbonyl (C=O) groups excluding carboxylic acids is 1. The van der Waals surface area contributed by atoms with Gasteiger partial charge in [-0.15, -0.1) is 0 Å². The number of ether oxygens (including phenoxy) is 2. The quantitative estimate of drug-likeness (QED) is 0.262. The van der Waals surface area contributed by atoms with Crippen molar-refractivity contribution in [1.29, 1.82) is 0 Å². The van der Waals surface area contributed by atoms with Gasteiger partial charge in [-0.3, -0.25) is 4.79 Å². The molecule has 2 aliphatic rings. The molecule has 0 aliphatic heterocycles. The minimum atomic E-state index is -2.33. The molecule has 2 unspecified atom stereocenters. The van der Waals surface area contributed by atoms with Crippen molar-refractivity contribution < 1.29 is 28.6 Å². The number of carboxylic acids is 1. The van der Waals surface area contributed by atoms with Crippen LogP contribution in [0, 0.1) is 11.8 Å². The van der Waals surface area contributed by atoms with Gasteiger partial charge in [0.05, 0.1) is 13.7 Å². The van der Waals surface area contributed by atoms with Gasteiger partial charge < -0.3 is 19.9 Å². The van der Waals surface area contributed by atoms with Crippen molar-refractivity contribution in [3.8, 4) is 11.5 Å². The molecule has 41 heavy (non-hydrogen) atoms. The lowest BCUT2D eigenvalue weighted by Crippen LogP contribution is -2.38. The van der Waals surface area contributed by atoms with Crippen molar-refractivity contribution in [2.24, 2.45) is 11.8 Å². The third-order valence-corrected chi connectivity index (χ3v) is 8.49. The van der Waals surface area contributed by atoms with Gasteiger partial charge in [-0.25, -0.2) is 14.2 Å². The van der Waals surface area contributed by atoms with E-state index in [0.29, 0.717) is 35.2 Å². The lowest BCUT2D eigenvalue weighted by atomic mass is 9.77. The largest absolute Gasteiger partial charge is 0.497 e. The van der Waals surface area contributed by atoms with Crippen LogP contribution in [0.3, 0.4) is 0 Å². The second kappa shape index (κ2) is 12.3. The number of pyridine rings is 1. The molecule has 0 bridgehead atoms. The van der Waals surface area contributed by atoms with Crippen LogP contribution in [-0.2, 0) is 4.79 Å². The van der Waals surface area contributed by atoms with Crippen molar-refractivity contribution in [3.05, 3.63) is 83.6 Å². The molecule has 2 atom stereocenters. The highest BCUT2D eigenvalue weighted by molar-refractivity contribution is 6.05. The number of alkyl halides is 1. The van der Waals surface area contributed by atoms with E-state index >= 15 is 4.39 Å². The molecular formula is C33H37FN2O5. The predicted octanol–water partition coefficient (Wildman–Crippen LogP) is 7.00. The van der Waals surface area contributed by atoms with E-state index in [4.69, 9.17) is 9.47 Å². The number of rotatable bonds is 11. The van der Waals surface area contributed by atoms with Crippen LogP contribution >= 0.6 is 0 Å². The summed E-state index contributed by atoms with van der Waals surface area (Å²) in [6, 6.07) is 18.2. The molecule has 0 saturated heterocycles. The normalized spacial score (nSPS) is 20.9. The number of anilines is 1. The maximum absolute atomic E-state index is 15.2. The number of benzene rings is 2. The molecule has 8 heteroatoms. The molecule has 2 aliphatic carbocycles. The number of carbonyl (C=O) groups is 2. The van der Waals surface area contributed by atoms with E-state index in [1.54, 1.807) is 43.6 Å². The topological polar surface area (TPSA) is 97.8 Å². The molecule has 2 N–H and O–H groups in total. The number of aliphatic carboxylic acids is 1. The van der Waals surface area contributed by atoms with E-state index in [1.165, 1.54) is 6.92 Å². The van der Waals surface area contributed by atoms with E-state index in [9.17, 15) is 14.7 Å². The second-order valence-electron chi connectivity index (χ2n) is 11.4. The fourth-order valence-electron chi connectivity index (χ4n) is 6.08. The van der Waals surface area contributed by atoms with Gasteiger partial charge in [0, 0.05) is 17.7 Å². The van der Waals surface area contributed by atoms with Gasteiger partial charge in [0.25, 0.3) is 5.91 Å². The monoisotopic (exact) mass is 560 g/mol. The number of aromatic nitrogens is 1. The third-order valence-electron chi connectivity index (χ3n) is 8.49. The molecule has 5 rings (SSSR count). The number of carboxylic acid groups (broad SMARTS) is 1. The number of nitrogens with zero attached hydrogens (tertiary/aromatic N) is 1. The van der Waals surface area contributed by atoms with Crippen LogP contribution in [0.25, 0.3) is 0 Å². The number of hydrogen-bond donors (Lipinski definition) is 2. The summed E-state index contributed by atoms with van der Waals surface area (Å²) in [4.78, 5) is 29.0. The molecule has 0 spiro atoms. The number of methoxy groups -OCH3 is 1. The molecule has 1 heterocycles. The van der Waals surface area contributed by atoms with Crippen molar-refractivity contribution in [2.75, 3.05) is 19.0 Å². The zero-order valence-corrected chi connectivity index (χ0v) is 23.5. The predicted molar refractivity (Wildman–Crippen MR) is 154 cm³/mol. The molecule has 0 radical (unpaired) electrons. The smallest absolute Gasteiger partial charge is 0.341 e. The van der Waals surface area contributed by atoms with Crippen molar-refractivity contribution in [3.63, 3.8) is 0 Å². The lowest BCUT2D eigenvalue weighted by molar-refractivity contribution is -0.151. The van der Waals surface area contributed by atoms with Gasteiger partial charge >= 0.3 is 5.97 Å². The zero-order chi connectivity index (χ0) is 29.0. The Morgan fingerprint density at radius 2 is 1.80 bits per heavy atom. The standard InChI is InChI=1S/C33H37FN2O5/c1-33(34,32(38)39)30(23-13-14-23)24-6-5-7-26(18-24)41-20-21-9-11-22(12-10-21)28-19-25(40-2)15-16-27(28)31(37)36-29-8-3-4-17-35-29/h3-8,15-19,21-23,30H,9-14,20H2,1-2H3,(H,38,39)(H,35,36,37). The first-order valence-corrected chi connectivity index (χ1v) is 14.3. The molecule has 2 fully saturated rings. The van der Waals surface area contributed by atoms with Crippen LogP contribution < -0.4 is 14.8 Å². The summed E-state index contributed by atoms with van der Waals surface area (Å²) in [5.41, 5.74) is -0.0511. The van der Waals surface area contributed by atoms with Gasteiger partial charge in [-0.05, 0) is 117 Å². The fraction of sp³-hybridized carbons (Fsp3) is 0.424. The highest BCUT2D eigenvalue weighted by Crippen LogP contribution is 2.50. The van der Waals surface area contributed by atoms with E-state index in [-0.39, 0.29) is 17.7 Å². The Hall–Kier alpha value is -3.94. The zero-order valence-electron chi connectivity index (χ0n) is 23.5. The van der Waals surface area contributed by atoms with Crippen LogP contribution in [-0.4, -0.2) is 41.4 Å². The summed E-state index contributed by atoms with van der Waals surface area (Å²) in [7, 11) is 1.62. The molecule has 2 aromatic carbocycles. The number of amides is 1. The van der Waals surface area contributed by atoms with Crippen LogP contribution in [0.15, 0.2) is 66.9 Å². The highest BCUT2D eigenvalue weighted by Gasteiger charge is 2.50. The van der Waals surface area contributed by atoms with Gasteiger partial charge in [-0.2, -0.15) is 0 Å². The Bertz CT molecular complexity index is 1370. The SMILES string of the molecule is COc1ccc(C(=O)Nc2ccccn2)c(C2CCC(COc3cccc(C(C4CC4)C(C)(F)C(=O)O)c3)CC2)c1. The van der Waals surface area contributed by atoms with Crippen molar-refractivity contribution in [2.45, 2.75) is 63.0 Å². The minimum Gasteiger partial charge on any atom is -0.497 e. The van der Waals surface area contributed by atoms with Crippen LogP contribution in [0.1, 0.15) is 78.8 Å². The maximum Gasteiger partial charge on any atom is 0.341 e. The van der Waals surface area contributed by atoms with E-state index in [2.05, 4.69) is 10.3 Å². The first kappa shape index (κ1) is 28.6.